The first kappa shape index (κ1) is 18.4. The fraction of sp³-hybridized carbons (Fsp3) is 0.143. The Bertz CT molecular complexity index is 896. The molecule has 0 radical (unpaired) electrons. The van der Waals surface area contributed by atoms with Crippen molar-refractivity contribution in [2.24, 2.45) is 0 Å². The van der Waals surface area contributed by atoms with Crippen LogP contribution < -0.4 is 15.4 Å². The summed E-state index contributed by atoms with van der Waals surface area (Å²) in [5.41, 5.74) is 2.16. The van der Waals surface area contributed by atoms with Gasteiger partial charge in [0.15, 0.2) is 0 Å². The number of halogens is 1. The zero-order chi connectivity index (χ0) is 19.1. The lowest BCUT2D eigenvalue weighted by molar-refractivity contribution is 0.102. The van der Waals surface area contributed by atoms with E-state index < -0.39 is 0 Å². The highest BCUT2D eigenvalue weighted by atomic mass is 19.1. The standard InChI is InChI=1S/C21H20FN3O2/c1-27-19-4-2-3-16(13-19)21(26)25-18-9-10-20(24-14-18)23-12-11-15-5-7-17(22)8-6-15/h2-10,13-14H,11-12H2,1H3,(H,23,24)(H,25,26). The molecule has 0 unspecified atom stereocenters. The maximum absolute atomic E-state index is 12.9. The van der Waals surface area contributed by atoms with Crippen molar-refractivity contribution in [1.82, 2.24) is 4.98 Å². The van der Waals surface area contributed by atoms with Crippen LogP contribution in [-0.4, -0.2) is 24.5 Å². The summed E-state index contributed by atoms with van der Waals surface area (Å²) < 4.78 is 18.0. The van der Waals surface area contributed by atoms with Crippen molar-refractivity contribution in [2.45, 2.75) is 6.42 Å². The summed E-state index contributed by atoms with van der Waals surface area (Å²) >= 11 is 0. The number of methoxy groups -OCH3 is 1. The zero-order valence-corrected chi connectivity index (χ0v) is 14.9. The van der Waals surface area contributed by atoms with Gasteiger partial charge < -0.3 is 15.4 Å². The summed E-state index contributed by atoms with van der Waals surface area (Å²) in [7, 11) is 1.56. The Morgan fingerprint density at radius 2 is 1.93 bits per heavy atom. The molecule has 138 valence electrons. The van der Waals surface area contributed by atoms with Gasteiger partial charge in [-0.1, -0.05) is 18.2 Å². The average molecular weight is 365 g/mol. The molecular weight excluding hydrogens is 345 g/mol. The third-order valence-corrected chi connectivity index (χ3v) is 3.99. The molecular formula is C21H20FN3O2. The summed E-state index contributed by atoms with van der Waals surface area (Å²) in [6, 6.07) is 17.0. The van der Waals surface area contributed by atoms with Gasteiger partial charge in [-0.25, -0.2) is 9.37 Å². The van der Waals surface area contributed by atoms with E-state index in [9.17, 15) is 9.18 Å². The van der Waals surface area contributed by atoms with E-state index >= 15 is 0 Å². The highest BCUT2D eigenvalue weighted by molar-refractivity contribution is 6.04. The van der Waals surface area contributed by atoms with Crippen LogP contribution in [0.15, 0.2) is 66.9 Å². The second-order valence-electron chi connectivity index (χ2n) is 5.92. The summed E-state index contributed by atoms with van der Waals surface area (Å²) in [6.45, 7) is 0.675. The Labute approximate surface area is 157 Å². The number of hydrogen-bond donors (Lipinski definition) is 2. The van der Waals surface area contributed by atoms with Crippen molar-refractivity contribution in [3.05, 3.63) is 83.8 Å². The van der Waals surface area contributed by atoms with Crippen LogP contribution in [-0.2, 0) is 6.42 Å². The molecule has 2 aromatic carbocycles. The van der Waals surface area contributed by atoms with Gasteiger partial charge in [-0.05, 0) is 54.4 Å². The Morgan fingerprint density at radius 1 is 1.11 bits per heavy atom. The largest absolute Gasteiger partial charge is 0.497 e. The van der Waals surface area contributed by atoms with Gasteiger partial charge in [0.2, 0.25) is 0 Å². The van der Waals surface area contributed by atoms with E-state index in [1.165, 1.54) is 12.1 Å². The molecule has 0 aliphatic heterocycles. The number of nitrogens with one attached hydrogen (secondary N) is 2. The quantitative estimate of drug-likeness (QED) is 0.661. The molecule has 3 rings (SSSR count). The van der Waals surface area contributed by atoms with E-state index in [4.69, 9.17) is 4.74 Å². The summed E-state index contributed by atoms with van der Waals surface area (Å²) in [5.74, 6) is 0.866. The van der Waals surface area contributed by atoms with Crippen molar-refractivity contribution in [2.75, 3.05) is 24.3 Å². The lowest BCUT2D eigenvalue weighted by Crippen LogP contribution is -2.12. The Balaban J connectivity index is 1.52. The summed E-state index contributed by atoms with van der Waals surface area (Å²) in [5, 5.41) is 6.00. The molecule has 0 aliphatic rings. The van der Waals surface area contributed by atoms with E-state index in [0.717, 1.165) is 12.0 Å². The normalized spacial score (nSPS) is 10.3. The van der Waals surface area contributed by atoms with Crippen LogP contribution in [0.1, 0.15) is 15.9 Å². The molecule has 2 N–H and O–H groups in total. The molecule has 1 aromatic heterocycles. The van der Waals surface area contributed by atoms with Crippen LogP contribution in [0.25, 0.3) is 0 Å². The molecule has 0 atom stereocenters. The molecule has 3 aromatic rings. The van der Waals surface area contributed by atoms with Crippen molar-refractivity contribution < 1.29 is 13.9 Å². The third kappa shape index (κ3) is 5.28. The number of benzene rings is 2. The minimum Gasteiger partial charge on any atom is -0.497 e. The highest BCUT2D eigenvalue weighted by Crippen LogP contribution is 2.15. The van der Waals surface area contributed by atoms with Gasteiger partial charge >= 0.3 is 0 Å². The Morgan fingerprint density at radius 3 is 2.63 bits per heavy atom. The van der Waals surface area contributed by atoms with Gasteiger partial charge in [-0.15, -0.1) is 0 Å². The molecule has 1 heterocycles. The van der Waals surface area contributed by atoms with Crippen LogP contribution in [0.5, 0.6) is 5.75 Å². The molecule has 0 fully saturated rings. The first-order valence-electron chi connectivity index (χ1n) is 8.54. The molecule has 0 bridgehead atoms. The van der Waals surface area contributed by atoms with E-state index in [-0.39, 0.29) is 11.7 Å². The lowest BCUT2D eigenvalue weighted by atomic mass is 10.1. The summed E-state index contributed by atoms with van der Waals surface area (Å²) in [4.78, 5) is 16.6. The SMILES string of the molecule is COc1cccc(C(=O)Nc2ccc(NCCc3ccc(F)cc3)nc2)c1. The van der Waals surface area contributed by atoms with Crippen molar-refractivity contribution >= 4 is 17.4 Å². The minimum absolute atomic E-state index is 0.229. The van der Waals surface area contributed by atoms with Gasteiger partial charge in [0.1, 0.15) is 17.4 Å². The first-order valence-corrected chi connectivity index (χ1v) is 8.54. The van der Waals surface area contributed by atoms with E-state index in [2.05, 4.69) is 15.6 Å². The highest BCUT2D eigenvalue weighted by Gasteiger charge is 2.07. The molecule has 0 saturated heterocycles. The number of aromatic nitrogens is 1. The number of anilines is 2. The van der Waals surface area contributed by atoms with E-state index in [1.807, 2.05) is 0 Å². The van der Waals surface area contributed by atoms with Crippen LogP contribution in [0.3, 0.4) is 0 Å². The minimum atomic E-state index is -0.236. The third-order valence-electron chi connectivity index (χ3n) is 3.99. The predicted octanol–water partition coefficient (Wildman–Crippen LogP) is 4.14. The molecule has 0 saturated carbocycles. The number of nitrogens with zero attached hydrogens (tertiary/aromatic N) is 1. The van der Waals surface area contributed by atoms with Crippen LogP contribution in [0.4, 0.5) is 15.9 Å². The second-order valence-corrected chi connectivity index (χ2v) is 5.92. The summed E-state index contributed by atoms with van der Waals surface area (Å²) in [6.07, 6.45) is 2.36. The van der Waals surface area contributed by atoms with E-state index in [1.54, 1.807) is 61.8 Å². The van der Waals surface area contributed by atoms with Crippen molar-refractivity contribution in [1.29, 1.82) is 0 Å². The molecule has 1 amide bonds. The predicted molar refractivity (Wildman–Crippen MR) is 104 cm³/mol. The van der Waals surface area contributed by atoms with Gasteiger partial charge in [0.25, 0.3) is 5.91 Å². The van der Waals surface area contributed by atoms with E-state index in [0.29, 0.717) is 29.4 Å². The van der Waals surface area contributed by atoms with Crippen LogP contribution in [0, 0.1) is 5.82 Å². The van der Waals surface area contributed by atoms with Gasteiger partial charge in [-0.2, -0.15) is 0 Å². The number of pyridine rings is 1. The average Bonchev–Trinajstić information content (AvgIpc) is 2.71. The monoisotopic (exact) mass is 365 g/mol. The van der Waals surface area contributed by atoms with Crippen molar-refractivity contribution in [3.63, 3.8) is 0 Å². The number of hydrogen-bond acceptors (Lipinski definition) is 4. The Hall–Kier alpha value is -3.41. The number of rotatable bonds is 7. The fourth-order valence-electron chi connectivity index (χ4n) is 2.53. The molecule has 0 spiro atoms. The fourth-order valence-corrected chi connectivity index (χ4v) is 2.53. The van der Waals surface area contributed by atoms with Crippen LogP contribution in [0.2, 0.25) is 0 Å². The number of ether oxygens (including phenoxy) is 1. The number of carbonyl (C=O) groups excluding carboxylic acids is 1. The van der Waals surface area contributed by atoms with Gasteiger partial charge in [0, 0.05) is 12.1 Å². The molecule has 6 heteroatoms. The van der Waals surface area contributed by atoms with Gasteiger partial charge in [0.05, 0.1) is 19.0 Å². The zero-order valence-electron chi connectivity index (χ0n) is 14.9. The van der Waals surface area contributed by atoms with Crippen molar-refractivity contribution in [3.8, 4) is 5.75 Å². The van der Waals surface area contributed by atoms with Crippen LogP contribution >= 0.6 is 0 Å². The molecule has 27 heavy (non-hydrogen) atoms. The second kappa shape index (κ2) is 8.80. The maximum Gasteiger partial charge on any atom is 0.255 e. The number of carbonyl (C=O) groups is 1. The topological polar surface area (TPSA) is 63.2 Å². The molecule has 5 nitrogen and oxygen atoms in total. The van der Waals surface area contributed by atoms with Gasteiger partial charge in [-0.3, -0.25) is 4.79 Å². The lowest BCUT2D eigenvalue weighted by Gasteiger charge is -2.09. The Kier molecular flexibility index (Phi) is 5.99. The maximum atomic E-state index is 12.9. The number of amides is 1. The first-order chi connectivity index (χ1) is 13.1. The smallest absolute Gasteiger partial charge is 0.255 e. The molecule has 0 aliphatic carbocycles.